The number of carbonyl (C=O) groups excluding carboxylic acids is 1. The van der Waals surface area contributed by atoms with Gasteiger partial charge in [-0.15, -0.1) is 0 Å². The maximum atomic E-state index is 13.2. The van der Waals surface area contributed by atoms with Crippen LogP contribution in [0.25, 0.3) is 0 Å². The molecule has 25 heavy (non-hydrogen) atoms. The number of nitrogens with one attached hydrogen (secondary N) is 1. The third-order valence-corrected chi connectivity index (χ3v) is 4.14. The summed E-state index contributed by atoms with van der Waals surface area (Å²) in [4.78, 5) is 23.9. The maximum Gasteiger partial charge on any atom is 0.410 e. The number of carbonyl (C=O) groups is 1. The SMILES string of the molecule is O=C([C@H](NC(C[N+](=O)[O-])C(F)(F)F)c1ccccc1)N1CCCCC1. The molecule has 1 amide bonds. The molecular formula is C16H20F3N3O3. The molecule has 2 atom stereocenters. The molecule has 0 aliphatic carbocycles. The Morgan fingerprint density at radius 3 is 2.32 bits per heavy atom. The summed E-state index contributed by atoms with van der Waals surface area (Å²) in [6.45, 7) is -0.369. The van der Waals surface area contributed by atoms with E-state index in [9.17, 15) is 28.1 Å². The number of nitro groups is 1. The van der Waals surface area contributed by atoms with Crippen LogP contribution >= 0.6 is 0 Å². The predicted octanol–water partition coefficient (Wildman–Crippen LogP) is 2.54. The molecule has 1 fully saturated rings. The van der Waals surface area contributed by atoms with Crippen LogP contribution in [0.5, 0.6) is 0 Å². The highest BCUT2D eigenvalue weighted by Crippen LogP contribution is 2.26. The van der Waals surface area contributed by atoms with Gasteiger partial charge < -0.3 is 4.90 Å². The third-order valence-electron chi connectivity index (χ3n) is 4.14. The Morgan fingerprint density at radius 1 is 1.20 bits per heavy atom. The van der Waals surface area contributed by atoms with Crippen LogP contribution in [0.2, 0.25) is 0 Å². The van der Waals surface area contributed by atoms with Crippen LogP contribution in [-0.2, 0) is 4.79 Å². The monoisotopic (exact) mass is 359 g/mol. The molecule has 1 N–H and O–H groups in total. The van der Waals surface area contributed by atoms with Crippen LogP contribution < -0.4 is 5.32 Å². The second kappa shape index (κ2) is 8.28. The Morgan fingerprint density at radius 2 is 1.80 bits per heavy atom. The predicted molar refractivity (Wildman–Crippen MR) is 84.5 cm³/mol. The molecular weight excluding hydrogens is 339 g/mol. The average molecular weight is 359 g/mol. The lowest BCUT2D eigenvalue weighted by Gasteiger charge is -2.32. The number of benzene rings is 1. The first kappa shape index (κ1) is 19.2. The molecule has 2 rings (SSSR count). The van der Waals surface area contributed by atoms with E-state index in [1.165, 1.54) is 4.90 Å². The summed E-state index contributed by atoms with van der Waals surface area (Å²) >= 11 is 0. The molecule has 9 heteroatoms. The van der Waals surface area contributed by atoms with Gasteiger partial charge in [-0.3, -0.25) is 20.2 Å². The summed E-state index contributed by atoms with van der Waals surface area (Å²) in [6.07, 6.45) is -2.27. The Labute approximate surface area is 143 Å². The van der Waals surface area contributed by atoms with Crippen molar-refractivity contribution in [3.63, 3.8) is 0 Å². The van der Waals surface area contributed by atoms with E-state index in [1.54, 1.807) is 30.3 Å². The van der Waals surface area contributed by atoms with Crippen LogP contribution in [0.4, 0.5) is 13.2 Å². The van der Waals surface area contributed by atoms with Gasteiger partial charge in [0.1, 0.15) is 6.04 Å². The van der Waals surface area contributed by atoms with Crippen LogP contribution in [0.15, 0.2) is 30.3 Å². The average Bonchev–Trinajstić information content (AvgIpc) is 2.58. The lowest BCUT2D eigenvalue weighted by Crippen LogP contribution is -2.52. The van der Waals surface area contributed by atoms with Crippen LogP contribution in [0.3, 0.4) is 0 Å². The standard InChI is InChI=1S/C16H20F3N3O3/c17-16(18,19)13(11-22(24)25)20-14(12-7-3-1-4-8-12)15(23)21-9-5-2-6-10-21/h1,3-4,7-8,13-14,20H,2,5-6,9-11H2/t13?,14-/m1/s1. The van der Waals surface area contributed by atoms with Gasteiger partial charge in [0.25, 0.3) is 0 Å². The molecule has 0 radical (unpaired) electrons. The van der Waals surface area contributed by atoms with E-state index in [1.807, 2.05) is 0 Å². The number of rotatable bonds is 6. The summed E-state index contributed by atoms with van der Waals surface area (Å²) in [5.41, 5.74) is 0.357. The van der Waals surface area contributed by atoms with Crippen LogP contribution in [0.1, 0.15) is 30.9 Å². The highest BCUT2D eigenvalue weighted by Gasteiger charge is 2.45. The Kier molecular flexibility index (Phi) is 6.35. The van der Waals surface area contributed by atoms with E-state index in [2.05, 4.69) is 5.32 Å². The molecule has 1 aromatic carbocycles. The van der Waals surface area contributed by atoms with E-state index in [0.717, 1.165) is 19.3 Å². The fraction of sp³-hybridized carbons (Fsp3) is 0.562. The molecule has 1 unspecified atom stereocenters. The topological polar surface area (TPSA) is 75.5 Å². The molecule has 1 aliphatic rings. The van der Waals surface area contributed by atoms with Gasteiger partial charge in [0.2, 0.25) is 12.5 Å². The van der Waals surface area contributed by atoms with Crippen molar-refractivity contribution < 1.29 is 22.9 Å². The molecule has 0 saturated carbocycles. The van der Waals surface area contributed by atoms with Gasteiger partial charge in [-0.25, -0.2) is 0 Å². The second-order valence-electron chi connectivity index (χ2n) is 6.01. The van der Waals surface area contributed by atoms with Crippen molar-refractivity contribution in [3.8, 4) is 0 Å². The Hall–Kier alpha value is -2.16. The zero-order valence-electron chi connectivity index (χ0n) is 13.5. The summed E-state index contributed by atoms with van der Waals surface area (Å²) < 4.78 is 39.5. The molecule has 1 aromatic rings. The Bertz CT molecular complexity index is 589. The van der Waals surface area contributed by atoms with Gasteiger partial charge in [-0.05, 0) is 24.8 Å². The number of halogens is 3. The normalized spacial score (nSPS) is 17.8. The molecule has 6 nitrogen and oxygen atoms in total. The zero-order chi connectivity index (χ0) is 18.4. The lowest BCUT2D eigenvalue weighted by molar-refractivity contribution is -0.491. The van der Waals surface area contributed by atoms with Crippen LogP contribution in [-0.4, -0.2) is 47.6 Å². The number of piperidine rings is 1. The fourth-order valence-electron chi connectivity index (χ4n) is 2.85. The van der Waals surface area contributed by atoms with E-state index < -0.39 is 35.6 Å². The number of likely N-dealkylation sites (tertiary alicyclic amines) is 1. The number of hydrogen-bond donors (Lipinski definition) is 1. The van der Waals surface area contributed by atoms with Gasteiger partial charge in [-0.1, -0.05) is 30.3 Å². The molecule has 1 aliphatic heterocycles. The van der Waals surface area contributed by atoms with Crippen molar-refractivity contribution in [2.24, 2.45) is 0 Å². The van der Waals surface area contributed by atoms with Crippen molar-refractivity contribution in [1.82, 2.24) is 10.2 Å². The zero-order valence-corrected chi connectivity index (χ0v) is 13.5. The highest BCUT2D eigenvalue weighted by atomic mass is 19.4. The number of nitrogens with zero attached hydrogens (tertiary/aromatic N) is 2. The minimum atomic E-state index is -4.83. The maximum absolute atomic E-state index is 13.2. The minimum absolute atomic E-state index is 0.357. The van der Waals surface area contributed by atoms with Gasteiger partial charge >= 0.3 is 6.18 Å². The van der Waals surface area contributed by atoms with E-state index in [4.69, 9.17) is 0 Å². The number of hydrogen-bond acceptors (Lipinski definition) is 4. The van der Waals surface area contributed by atoms with Crippen molar-refractivity contribution >= 4 is 5.91 Å². The molecule has 1 heterocycles. The van der Waals surface area contributed by atoms with Crippen LogP contribution in [0, 0.1) is 10.1 Å². The first-order valence-electron chi connectivity index (χ1n) is 8.07. The van der Waals surface area contributed by atoms with Crippen molar-refractivity contribution in [2.75, 3.05) is 19.6 Å². The minimum Gasteiger partial charge on any atom is -0.341 e. The summed E-state index contributed by atoms with van der Waals surface area (Å²) in [5, 5.41) is 12.8. The van der Waals surface area contributed by atoms with Gasteiger partial charge in [0, 0.05) is 18.0 Å². The smallest absolute Gasteiger partial charge is 0.341 e. The van der Waals surface area contributed by atoms with Crippen molar-refractivity contribution in [2.45, 2.75) is 37.5 Å². The van der Waals surface area contributed by atoms with Gasteiger partial charge in [0.05, 0.1) is 0 Å². The van der Waals surface area contributed by atoms with Gasteiger partial charge in [0.15, 0.2) is 6.04 Å². The van der Waals surface area contributed by atoms with E-state index in [0.29, 0.717) is 18.7 Å². The third kappa shape index (κ3) is 5.42. The molecule has 1 saturated heterocycles. The molecule has 138 valence electrons. The van der Waals surface area contributed by atoms with Crippen molar-refractivity contribution in [3.05, 3.63) is 46.0 Å². The summed E-state index contributed by atoms with van der Waals surface area (Å²) in [7, 11) is 0. The summed E-state index contributed by atoms with van der Waals surface area (Å²) in [6, 6.07) is 4.32. The van der Waals surface area contributed by atoms with E-state index in [-0.39, 0.29) is 0 Å². The lowest BCUT2D eigenvalue weighted by atomic mass is 10.0. The van der Waals surface area contributed by atoms with Gasteiger partial charge in [-0.2, -0.15) is 13.2 Å². The number of amides is 1. The summed E-state index contributed by atoms with van der Waals surface area (Å²) in [5.74, 6) is -0.483. The highest BCUT2D eigenvalue weighted by molar-refractivity contribution is 5.83. The van der Waals surface area contributed by atoms with E-state index >= 15 is 0 Å². The Balaban J connectivity index is 2.27. The molecule has 0 bridgehead atoms. The number of alkyl halides is 3. The quantitative estimate of drug-likeness (QED) is 0.626. The second-order valence-corrected chi connectivity index (χ2v) is 6.01. The fourth-order valence-corrected chi connectivity index (χ4v) is 2.85. The molecule has 0 aromatic heterocycles. The van der Waals surface area contributed by atoms with Crippen molar-refractivity contribution in [1.29, 1.82) is 0 Å². The first-order chi connectivity index (χ1) is 11.8. The largest absolute Gasteiger partial charge is 0.410 e. The first-order valence-corrected chi connectivity index (χ1v) is 8.07. The molecule has 0 spiro atoms.